The van der Waals surface area contributed by atoms with Crippen LogP contribution >= 0.6 is 22.7 Å². The highest BCUT2D eigenvalue weighted by Crippen LogP contribution is 2.30. The van der Waals surface area contributed by atoms with Gasteiger partial charge in [-0.3, -0.25) is 9.59 Å². The number of thiophene rings is 1. The number of aromatic nitrogens is 1. The van der Waals surface area contributed by atoms with Crippen LogP contribution < -0.4 is 5.32 Å². The molecule has 1 N–H and O–H groups in total. The molecule has 2 amide bonds. The van der Waals surface area contributed by atoms with Gasteiger partial charge in [0.05, 0.1) is 36.6 Å². The van der Waals surface area contributed by atoms with Crippen molar-refractivity contribution in [2.75, 3.05) is 31.6 Å². The molecule has 1 aliphatic rings. The van der Waals surface area contributed by atoms with E-state index in [1.165, 1.54) is 11.3 Å². The van der Waals surface area contributed by atoms with Gasteiger partial charge in [-0.15, -0.1) is 22.7 Å². The number of carbonyl (C=O) groups excluding carboxylic acids is 2. The molecule has 1 fully saturated rings. The Balaban J connectivity index is 1.34. The molecule has 0 unspecified atom stereocenters. The Labute approximate surface area is 183 Å². The number of nitrogens with one attached hydrogen (secondary N) is 1. The van der Waals surface area contributed by atoms with Gasteiger partial charge >= 0.3 is 0 Å². The molecule has 4 rings (SSSR count). The van der Waals surface area contributed by atoms with Gasteiger partial charge in [-0.25, -0.2) is 4.98 Å². The molecule has 2 aromatic heterocycles. The number of amides is 2. The zero-order valence-corrected chi connectivity index (χ0v) is 18.4. The van der Waals surface area contributed by atoms with Crippen LogP contribution in [-0.4, -0.2) is 48.0 Å². The summed E-state index contributed by atoms with van der Waals surface area (Å²) in [5.41, 5.74) is 2.79. The van der Waals surface area contributed by atoms with E-state index in [2.05, 4.69) is 10.3 Å². The first-order chi connectivity index (χ1) is 14.6. The van der Waals surface area contributed by atoms with Crippen LogP contribution in [0.2, 0.25) is 0 Å². The van der Waals surface area contributed by atoms with Crippen molar-refractivity contribution in [2.45, 2.75) is 19.8 Å². The number of nitrogens with zero attached hydrogens (tertiary/aromatic N) is 2. The molecule has 8 heteroatoms. The number of benzene rings is 1. The summed E-state index contributed by atoms with van der Waals surface area (Å²) in [6, 6.07) is 11.7. The van der Waals surface area contributed by atoms with Crippen LogP contribution in [0, 0.1) is 6.92 Å². The smallest absolute Gasteiger partial charge is 0.231 e. The van der Waals surface area contributed by atoms with Crippen molar-refractivity contribution >= 4 is 40.2 Å². The molecule has 3 aromatic rings. The number of ether oxygens (including phenoxy) is 1. The molecule has 0 saturated carbocycles. The maximum atomic E-state index is 12.4. The number of hydrogen-bond acceptors (Lipinski definition) is 6. The number of carbonyl (C=O) groups is 2. The number of thiazole rings is 1. The molecular weight excluding hydrogens is 418 g/mol. The minimum absolute atomic E-state index is 0.0808. The van der Waals surface area contributed by atoms with E-state index in [-0.39, 0.29) is 18.2 Å². The molecule has 0 atom stereocenters. The zero-order chi connectivity index (χ0) is 20.9. The Morgan fingerprint density at radius 2 is 1.87 bits per heavy atom. The van der Waals surface area contributed by atoms with Gasteiger partial charge in [0.1, 0.15) is 5.01 Å². The second-order valence-corrected chi connectivity index (χ2v) is 9.26. The Morgan fingerprint density at radius 3 is 2.63 bits per heavy atom. The van der Waals surface area contributed by atoms with E-state index in [9.17, 15) is 9.59 Å². The Bertz CT molecular complexity index is 1020. The molecule has 3 heterocycles. The summed E-state index contributed by atoms with van der Waals surface area (Å²) in [5, 5.41) is 5.64. The second-order valence-electron chi connectivity index (χ2n) is 7.15. The van der Waals surface area contributed by atoms with Gasteiger partial charge < -0.3 is 15.0 Å². The lowest BCUT2D eigenvalue weighted by Gasteiger charge is -2.26. The summed E-state index contributed by atoms with van der Waals surface area (Å²) in [6.45, 7) is 4.56. The van der Waals surface area contributed by atoms with Crippen LogP contribution in [0.4, 0.5) is 5.69 Å². The van der Waals surface area contributed by atoms with Gasteiger partial charge in [0.2, 0.25) is 11.8 Å². The Kier molecular flexibility index (Phi) is 6.56. The predicted molar refractivity (Wildman–Crippen MR) is 120 cm³/mol. The Hall–Kier alpha value is -2.55. The lowest BCUT2D eigenvalue weighted by molar-refractivity contribution is -0.134. The van der Waals surface area contributed by atoms with Crippen LogP contribution in [0.15, 0.2) is 41.8 Å². The fraction of sp³-hybridized carbons (Fsp3) is 0.318. The molecular formula is C22H23N3O3S2. The third-order valence-electron chi connectivity index (χ3n) is 4.80. The third-order valence-corrected chi connectivity index (χ3v) is 6.76. The monoisotopic (exact) mass is 441 g/mol. The topological polar surface area (TPSA) is 71.5 Å². The second kappa shape index (κ2) is 9.51. The lowest BCUT2D eigenvalue weighted by atomic mass is 10.2. The van der Waals surface area contributed by atoms with Gasteiger partial charge in [-0.1, -0.05) is 17.7 Å². The summed E-state index contributed by atoms with van der Waals surface area (Å²) in [5.74, 6) is 0.0566. The summed E-state index contributed by atoms with van der Waals surface area (Å²) in [6.07, 6.45) is 0.646. The number of anilines is 1. The molecule has 6 nitrogen and oxygen atoms in total. The average Bonchev–Trinajstić information content (AvgIpc) is 3.40. The van der Waals surface area contributed by atoms with Gasteiger partial charge in [0.25, 0.3) is 0 Å². The molecule has 1 aromatic carbocycles. The number of rotatable bonds is 6. The molecule has 156 valence electrons. The molecule has 0 spiro atoms. The van der Waals surface area contributed by atoms with E-state index >= 15 is 0 Å². The van der Waals surface area contributed by atoms with Crippen LogP contribution in [0.3, 0.4) is 0 Å². The highest BCUT2D eigenvalue weighted by Gasteiger charge is 2.18. The summed E-state index contributed by atoms with van der Waals surface area (Å²) >= 11 is 3.06. The SMILES string of the molecule is Cc1ccc(NC(=O)Cc2nc(-c3ccc(CC(=O)N4CCOCC4)s3)cs2)cc1. The largest absolute Gasteiger partial charge is 0.378 e. The first-order valence-corrected chi connectivity index (χ1v) is 11.5. The van der Waals surface area contributed by atoms with Crippen molar-refractivity contribution in [2.24, 2.45) is 0 Å². The quantitative estimate of drug-likeness (QED) is 0.632. The first-order valence-electron chi connectivity index (χ1n) is 9.82. The minimum Gasteiger partial charge on any atom is -0.378 e. The van der Waals surface area contributed by atoms with E-state index in [0.29, 0.717) is 32.7 Å². The standard InChI is InChI=1S/C22H23N3O3S2/c1-15-2-4-16(5-3-15)23-20(26)13-21-24-18(14-29-21)19-7-6-17(30-19)12-22(27)25-8-10-28-11-9-25/h2-7,14H,8-13H2,1H3,(H,23,26). The van der Waals surface area contributed by atoms with E-state index in [1.807, 2.05) is 53.6 Å². The summed E-state index contributed by atoms with van der Waals surface area (Å²) in [4.78, 5) is 33.2. The van der Waals surface area contributed by atoms with Gasteiger partial charge in [0.15, 0.2) is 0 Å². The number of aryl methyl sites for hydroxylation is 1. The third kappa shape index (κ3) is 5.33. The van der Waals surface area contributed by atoms with Crippen molar-refractivity contribution < 1.29 is 14.3 Å². The lowest BCUT2D eigenvalue weighted by Crippen LogP contribution is -2.41. The van der Waals surface area contributed by atoms with Crippen molar-refractivity contribution in [3.63, 3.8) is 0 Å². The van der Waals surface area contributed by atoms with E-state index in [0.717, 1.165) is 31.7 Å². The zero-order valence-electron chi connectivity index (χ0n) is 16.7. The molecule has 30 heavy (non-hydrogen) atoms. The van der Waals surface area contributed by atoms with E-state index in [1.54, 1.807) is 11.3 Å². The molecule has 1 saturated heterocycles. The van der Waals surface area contributed by atoms with Crippen molar-refractivity contribution in [1.82, 2.24) is 9.88 Å². The van der Waals surface area contributed by atoms with Crippen LogP contribution in [0.25, 0.3) is 10.6 Å². The summed E-state index contributed by atoms with van der Waals surface area (Å²) < 4.78 is 5.30. The van der Waals surface area contributed by atoms with E-state index < -0.39 is 0 Å². The van der Waals surface area contributed by atoms with Crippen molar-refractivity contribution in [3.05, 3.63) is 57.2 Å². The Morgan fingerprint density at radius 1 is 1.10 bits per heavy atom. The minimum atomic E-state index is -0.0808. The van der Waals surface area contributed by atoms with Crippen molar-refractivity contribution in [3.8, 4) is 10.6 Å². The van der Waals surface area contributed by atoms with Gasteiger partial charge in [-0.2, -0.15) is 0 Å². The van der Waals surface area contributed by atoms with Gasteiger partial charge in [0, 0.05) is 29.0 Å². The molecule has 0 aliphatic carbocycles. The maximum Gasteiger partial charge on any atom is 0.231 e. The average molecular weight is 442 g/mol. The fourth-order valence-electron chi connectivity index (χ4n) is 3.17. The predicted octanol–water partition coefficient (Wildman–Crippen LogP) is 3.76. The highest BCUT2D eigenvalue weighted by atomic mass is 32.1. The normalized spacial score (nSPS) is 14.0. The number of morpholine rings is 1. The van der Waals surface area contributed by atoms with Gasteiger partial charge in [-0.05, 0) is 31.2 Å². The van der Waals surface area contributed by atoms with Crippen LogP contribution in [0.1, 0.15) is 15.4 Å². The molecule has 0 radical (unpaired) electrons. The van der Waals surface area contributed by atoms with Crippen LogP contribution in [0.5, 0.6) is 0 Å². The van der Waals surface area contributed by atoms with E-state index in [4.69, 9.17) is 4.74 Å². The fourth-order valence-corrected chi connectivity index (χ4v) is 5.00. The first kappa shape index (κ1) is 20.7. The van der Waals surface area contributed by atoms with Crippen molar-refractivity contribution in [1.29, 1.82) is 0 Å². The maximum absolute atomic E-state index is 12.4. The summed E-state index contributed by atoms with van der Waals surface area (Å²) in [7, 11) is 0. The molecule has 1 aliphatic heterocycles. The molecule has 0 bridgehead atoms. The highest BCUT2D eigenvalue weighted by molar-refractivity contribution is 7.16. The van der Waals surface area contributed by atoms with Crippen LogP contribution in [-0.2, 0) is 27.2 Å². The number of hydrogen-bond donors (Lipinski definition) is 1.